The highest BCUT2D eigenvalue weighted by Crippen LogP contribution is 1.97. The molecule has 0 saturated heterocycles. The molecule has 0 radical (unpaired) electrons. The molecular formula is C6H9N3O2S. The Morgan fingerprint density at radius 2 is 1.75 bits per heavy atom. The van der Waals surface area contributed by atoms with Gasteiger partial charge in [0.05, 0.1) is 12.1 Å². The molecule has 0 aromatic heterocycles. The average molecular weight is 187 g/mol. The second-order valence-corrected chi connectivity index (χ2v) is 4.32. The van der Waals surface area contributed by atoms with Gasteiger partial charge in [0.2, 0.25) is 10.0 Å². The van der Waals surface area contributed by atoms with E-state index >= 15 is 0 Å². The molecule has 5 nitrogen and oxygen atoms in total. The fourth-order valence-electron chi connectivity index (χ4n) is 0.444. The second kappa shape index (κ2) is 4.05. The Bertz CT molecular complexity index is 322. The van der Waals surface area contributed by atoms with Gasteiger partial charge < -0.3 is 0 Å². The molecule has 0 heterocycles. The van der Waals surface area contributed by atoms with Gasteiger partial charge in [-0.1, -0.05) is 0 Å². The first-order valence-corrected chi connectivity index (χ1v) is 4.79. The van der Waals surface area contributed by atoms with Crippen LogP contribution in [0, 0.1) is 22.7 Å². The van der Waals surface area contributed by atoms with E-state index in [0.29, 0.717) is 0 Å². The summed E-state index contributed by atoms with van der Waals surface area (Å²) in [6.07, 6.45) is 0. The summed E-state index contributed by atoms with van der Waals surface area (Å²) >= 11 is 0. The van der Waals surface area contributed by atoms with Gasteiger partial charge in [-0.15, -0.1) is 0 Å². The van der Waals surface area contributed by atoms with Crippen molar-refractivity contribution in [3.05, 3.63) is 0 Å². The van der Waals surface area contributed by atoms with Crippen molar-refractivity contribution in [3.8, 4) is 12.1 Å². The summed E-state index contributed by atoms with van der Waals surface area (Å²) in [6.45, 7) is 2.66. The quantitative estimate of drug-likeness (QED) is 0.658. The highest BCUT2D eigenvalue weighted by molar-refractivity contribution is 7.90. The van der Waals surface area contributed by atoms with E-state index < -0.39 is 21.3 Å². The molecule has 0 aliphatic carbocycles. The minimum atomic E-state index is -3.66. The zero-order valence-electron chi connectivity index (χ0n) is 6.77. The van der Waals surface area contributed by atoms with Crippen LogP contribution < -0.4 is 4.72 Å². The molecule has 0 spiro atoms. The van der Waals surface area contributed by atoms with Crippen LogP contribution in [0.4, 0.5) is 0 Å². The van der Waals surface area contributed by atoms with Gasteiger partial charge >= 0.3 is 0 Å². The second-order valence-electron chi connectivity index (χ2n) is 2.28. The van der Waals surface area contributed by atoms with Crippen molar-refractivity contribution in [1.82, 2.24) is 4.72 Å². The van der Waals surface area contributed by atoms with Gasteiger partial charge in [-0.2, -0.15) is 15.2 Å². The van der Waals surface area contributed by atoms with Crippen molar-refractivity contribution >= 4 is 10.0 Å². The maximum absolute atomic E-state index is 11.0. The van der Waals surface area contributed by atoms with Crippen molar-refractivity contribution in [3.63, 3.8) is 0 Å². The normalized spacial score (nSPS) is 15.7. The predicted octanol–water partition coefficient (Wildman–Crippen LogP) is -0.270. The van der Waals surface area contributed by atoms with Gasteiger partial charge in [-0.3, -0.25) is 0 Å². The van der Waals surface area contributed by atoms with Crippen LogP contribution in [0.15, 0.2) is 0 Å². The molecule has 0 saturated carbocycles. The van der Waals surface area contributed by atoms with Gasteiger partial charge in [0, 0.05) is 0 Å². The lowest BCUT2D eigenvalue weighted by Gasteiger charge is -2.08. The number of nitriles is 2. The Morgan fingerprint density at radius 3 is 2.08 bits per heavy atom. The summed E-state index contributed by atoms with van der Waals surface area (Å²) in [5.74, 6) is 0. The van der Waals surface area contributed by atoms with Gasteiger partial charge in [-0.05, 0) is 13.8 Å². The van der Waals surface area contributed by atoms with E-state index in [-0.39, 0.29) is 0 Å². The fourth-order valence-corrected chi connectivity index (χ4v) is 1.33. The lowest BCUT2D eigenvalue weighted by atomic mass is 10.4. The minimum Gasteiger partial charge on any atom is -0.211 e. The Hall–Kier alpha value is -1.11. The third kappa shape index (κ3) is 2.87. The summed E-state index contributed by atoms with van der Waals surface area (Å²) in [6, 6.07) is 2.47. The predicted molar refractivity (Wildman–Crippen MR) is 42.2 cm³/mol. The van der Waals surface area contributed by atoms with E-state index in [1.165, 1.54) is 13.8 Å². The zero-order valence-corrected chi connectivity index (χ0v) is 7.59. The molecule has 0 rings (SSSR count). The molecule has 0 aliphatic heterocycles. The largest absolute Gasteiger partial charge is 0.228 e. The standard InChI is InChI=1S/C6H9N3O2S/c1-5(3-7)9-12(10,11)6(2)4-8/h5-6,9H,1-2H3. The molecule has 0 aromatic rings. The Morgan fingerprint density at radius 1 is 1.25 bits per heavy atom. The lowest BCUT2D eigenvalue weighted by Crippen LogP contribution is -2.37. The molecule has 6 heteroatoms. The van der Waals surface area contributed by atoms with Crippen molar-refractivity contribution in [2.24, 2.45) is 0 Å². The summed E-state index contributed by atoms with van der Waals surface area (Å²) in [7, 11) is -3.66. The molecule has 12 heavy (non-hydrogen) atoms. The smallest absolute Gasteiger partial charge is 0.211 e. The first kappa shape index (κ1) is 10.9. The van der Waals surface area contributed by atoms with E-state index in [9.17, 15) is 8.42 Å². The van der Waals surface area contributed by atoms with Crippen molar-refractivity contribution < 1.29 is 8.42 Å². The molecule has 2 unspecified atom stereocenters. The monoisotopic (exact) mass is 187 g/mol. The van der Waals surface area contributed by atoms with Gasteiger partial charge in [0.1, 0.15) is 6.04 Å². The van der Waals surface area contributed by atoms with E-state index in [4.69, 9.17) is 10.5 Å². The summed E-state index contributed by atoms with van der Waals surface area (Å²) < 4.78 is 24.1. The number of hydrogen-bond donors (Lipinski definition) is 1. The Kier molecular flexibility index (Phi) is 3.68. The van der Waals surface area contributed by atoms with E-state index in [1.54, 1.807) is 12.1 Å². The SMILES string of the molecule is CC(C#N)NS(=O)(=O)C(C)C#N. The first-order valence-electron chi connectivity index (χ1n) is 3.24. The minimum absolute atomic E-state index is 0.800. The molecule has 0 amide bonds. The van der Waals surface area contributed by atoms with Gasteiger partial charge in [0.25, 0.3) is 0 Å². The van der Waals surface area contributed by atoms with Crippen molar-refractivity contribution in [2.75, 3.05) is 0 Å². The van der Waals surface area contributed by atoms with E-state index in [0.717, 1.165) is 0 Å². The third-order valence-electron chi connectivity index (χ3n) is 1.18. The van der Waals surface area contributed by atoms with Crippen LogP contribution in [-0.4, -0.2) is 19.7 Å². The summed E-state index contributed by atoms with van der Waals surface area (Å²) in [4.78, 5) is 0. The highest BCUT2D eigenvalue weighted by atomic mass is 32.2. The first-order chi connectivity index (χ1) is 5.44. The van der Waals surface area contributed by atoms with Crippen molar-refractivity contribution in [2.45, 2.75) is 25.1 Å². The Labute approximate surface area is 71.7 Å². The molecule has 0 aromatic carbocycles. The maximum Gasteiger partial charge on any atom is 0.228 e. The van der Waals surface area contributed by atoms with Gasteiger partial charge in [-0.25, -0.2) is 8.42 Å². The van der Waals surface area contributed by atoms with Gasteiger partial charge in [0.15, 0.2) is 5.25 Å². The number of nitrogens with zero attached hydrogens (tertiary/aromatic N) is 2. The van der Waals surface area contributed by atoms with E-state index in [2.05, 4.69) is 0 Å². The molecule has 0 aliphatic rings. The topological polar surface area (TPSA) is 93.8 Å². The average Bonchev–Trinajstić information content (AvgIpc) is 2.02. The maximum atomic E-state index is 11.0. The number of rotatable bonds is 3. The van der Waals surface area contributed by atoms with Crippen LogP contribution in [-0.2, 0) is 10.0 Å². The summed E-state index contributed by atoms with van der Waals surface area (Å²) in [5, 5.41) is 15.5. The van der Waals surface area contributed by atoms with Crippen LogP contribution in [0.25, 0.3) is 0 Å². The molecule has 66 valence electrons. The molecule has 2 atom stereocenters. The number of sulfonamides is 1. The molecule has 0 fully saturated rings. The third-order valence-corrected chi connectivity index (χ3v) is 2.90. The van der Waals surface area contributed by atoms with Crippen LogP contribution in [0.3, 0.4) is 0 Å². The van der Waals surface area contributed by atoms with Crippen LogP contribution in [0.5, 0.6) is 0 Å². The molecule has 1 N–H and O–H groups in total. The van der Waals surface area contributed by atoms with Crippen LogP contribution in [0.2, 0.25) is 0 Å². The zero-order chi connectivity index (χ0) is 9.78. The summed E-state index contributed by atoms with van der Waals surface area (Å²) in [5.41, 5.74) is 0. The molecule has 0 bridgehead atoms. The Balaban J connectivity index is 4.50. The lowest BCUT2D eigenvalue weighted by molar-refractivity contribution is 0.572. The van der Waals surface area contributed by atoms with E-state index in [1.807, 2.05) is 4.72 Å². The van der Waals surface area contributed by atoms with Crippen molar-refractivity contribution in [1.29, 1.82) is 10.5 Å². The highest BCUT2D eigenvalue weighted by Gasteiger charge is 2.21. The molecular weight excluding hydrogens is 178 g/mol. The fraction of sp³-hybridized carbons (Fsp3) is 0.667. The van der Waals surface area contributed by atoms with Crippen LogP contribution in [0.1, 0.15) is 13.8 Å². The van der Waals surface area contributed by atoms with Crippen LogP contribution >= 0.6 is 0 Å². The number of nitrogens with one attached hydrogen (secondary N) is 1. The number of hydrogen-bond acceptors (Lipinski definition) is 4.